The minimum absolute atomic E-state index is 0.0959. The van der Waals surface area contributed by atoms with Crippen LogP contribution < -0.4 is 0 Å². The SMILES string of the molecule is O=C(CCc1ncc(Br)cc1F)c1cc2c(s1)CCCC2. The van der Waals surface area contributed by atoms with Gasteiger partial charge in [0.05, 0.1) is 10.6 Å². The van der Waals surface area contributed by atoms with Crippen LogP contribution in [0.5, 0.6) is 0 Å². The maximum absolute atomic E-state index is 13.7. The van der Waals surface area contributed by atoms with Gasteiger partial charge in [0.2, 0.25) is 0 Å². The number of aryl methyl sites for hydroxylation is 3. The maximum Gasteiger partial charge on any atom is 0.173 e. The van der Waals surface area contributed by atoms with E-state index in [-0.39, 0.29) is 11.6 Å². The molecule has 5 heteroatoms. The fourth-order valence-electron chi connectivity index (χ4n) is 2.61. The first-order valence-electron chi connectivity index (χ1n) is 7.08. The monoisotopic (exact) mass is 367 g/mol. The summed E-state index contributed by atoms with van der Waals surface area (Å²) in [5, 5.41) is 0. The molecule has 3 rings (SSSR count). The zero-order valence-corrected chi connectivity index (χ0v) is 13.9. The summed E-state index contributed by atoms with van der Waals surface area (Å²) >= 11 is 4.79. The molecule has 2 heterocycles. The van der Waals surface area contributed by atoms with Crippen LogP contribution in [-0.4, -0.2) is 10.8 Å². The molecular weight excluding hydrogens is 353 g/mol. The van der Waals surface area contributed by atoms with Gasteiger partial charge in [0, 0.05) is 22.0 Å². The molecule has 0 amide bonds. The van der Waals surface area contributed by atoms with Gasteiger partial charge in [-0.2, -0.15) is 0 Å². The zero-order valence-electron chi connectivity index (χ0n) is 11.5. The fraction of sp³-hybridized carbons (Fsp3) is 0.375. The second-order valence-electron chi connectivity index (χ2n) is 5.27. The summed E-state index contributed by atoms with van der Waals surface area (Å²) in [7, 11) is 0. The van der Waals surface area contributed by atoms with Gasteiger partial charge in [-0.1, -0.05) is 0 Å². The number of Topliss-reactive ketones (excluding diaryl/α,β-unsaturated/α-hetero) is 1. The van der Waals surface area contributed by atoms with Crippen LogP contribution in [0, 0.1) is 5.82 Å². The van der Waals surface area contributed by atoms with E-state index in [2.05, 4.69) is 20.9 Å². The third-order valence-corrected chi connectivity index (χ3v) is 5.46. The van der Waals surface area contributed by atoms with Gasteiger partial charge in [0.25, 0.3) is 0 Å². The fourth-order valence-corrected chi connectivity index (χ4v) is 4.13. The minimum Gasteiger partial charge on any atom is -0.293 e. The molecule has 0 spiro atoms. The van der Waals surface area contributed by atoms with Gasteiger partial charge in [0.1, 0.15) is 5.82 Å². The van der Waals surface area contributed by atoms with Crippen LogP contribution in [0.3, 0.4) is 0 Å². The second-order valence-corrected chi connectivity index (χ2v) is 7.32. The molecule has 0 bridgehead atoms. The smallest absolute Gasteiger partial charge is 0.173 e. The Hall–Kier alpha value is -1.07. The Morgan fingerprint density at radius 2 is 2.14 bits per heavy atom. The number of carbonyl (C=O) groups is 1. The Bertz CT molecular complexity index is 659. The molecule has 0 saturated carbocycles. The van der Waals surface area contributed by atoms with Crippen LogP contribution in [0.4, 0.5) is 4.39 Å². The van der Waals surface area contributed by atoms with E-state index in [1.165, 1.54) is 29.3 Å². The number of nitrogens with zero attached hydrogens (tertiary/aromatic N) is 1. The first-order chi connectivity index (χ1) is 10.1. The average molecular weight is 368 g/mol. The highest BCUT2D eigenvalue weighted by Crippen LogP contribution is 2.30. The van der Waals surface area contributed by atoms with Crippen molar-refractivity contribution < 1.29 is 9.18 Å². The van der Waals surface area contributed by atoms with Gasteiger partial charge in [-0.05, 0) is 65.7 Å². The van der Waals surface area contributed by atoms with Crippen LogP contribution in [0.15, 0.2) is 22.8 Å². The summed E-state index contributed by atoms with van der Waals surface area (Å²) in [5.74, 6) is -0.263. The van der Waals surface area contributed by atoms with E-state index >= 15 is 0 Å². The number of hydrogen-bond acceptors (Lipinski definition) is 3. The summed E-state index contributed by atoms with van der Waals surface area (Å²) in [6, 6.07) is 3.42. The molecule has 0 fully saturated rings. The third-order valence-electron chi connectivity index (χ3n) is 3.74. The summed E-state index contributed by atoms with van der Waals surface area (Å²) in [6.07, 6.45) is 6.83. The molecule has 0 atom stereocenters. The van der Waals surface area contributed by atoms with Crippen molar-refractivity contribution in [2.45, 2.75) is 38.5 Å². The van der Waals surface area contributed by atoms with Crippen molar-refractivity contribution in [2.24, 2.45) is 0 Å². The normalized spacial score (nSPS) is 14.0. The van der Waals surface area contributed by atoms with Crippen molar-refractivity contribution in [2.75, 3.05) is 0 Å². The highest BCUT2D eigenvalue weighted by Gasteiger charge is 2.17. The number of thiophene rings is 1. The van der Waals surface area contributed by atoms with Crippen LogP contribution in [-0.2, 0) is 19.3 Å². The molecular formula is C16H15BrFNOS. The number of pyridine rings is 1. The van der Waals surface area contributed by atoms with Crippen molar-refractivity contribution in [3.8, 4) is 0 Å². The minimum atomic E-state index is -0.359. The van der Waals surface area contributed by atoms with Crippen molar-refractivity contribution in [3.05, 3.63) is 49.6 Å². The molecule has 0 radical (unpaired) electrons. The summed E-state index contributed by atoms with van der Waals surface area (Å²) in [4.78, 5) is 18.5. The molecule has 2 nitrogen and oxygen atoms in total. The Labute approximate surface area is 135 Å². The van der Waals surface area contributed by atoms with Crippen molar-refractivity contribution in [3.63, 3.8) is 0 Å². The number of carbonyl (C=O) groups excluding carboxylic acids is 1. The first kappa shape index (κ1) is 14.9. The molecule has 1 aliphatic carbocycles. The Kier molecular flexibility index (Phi) is 4.50. The van der Waals surface area contributed by atoms with E-state index in [1.54, 1.807) is 17.5 Å². The van der Waals surface area contributed by atoms with Gasteiger partial charge in [0.15, 0.2) is 5.78 Å². The second kappa shape index (κ2) is 6.36. The lowest BCUT2D eigenvalue weighted by molar-refractivity contribution is 0.0986. The van der Waals surface area contributed by atoms with E-state index < -0.39 is 0 Å². The van der Waals surface area contributed by atoms with Crippen LogP contribution in [0.25, 0.3) is 0 Å². The first-order valence-corrected chi connectivity index (χ1v) is 8.69. The van der Waals surface area contributed by atoms with Gasteiger partial charge in [-0.3, -0.25) is 9.78 Å². The molecule has 0 saturated heterocycles. The predicted molar refractivity (Wildman–Crippen MR) is 85.5 cm³/mol. The van der Waals surface area contributed by atoms with Crippen molar-refractivity contribution in [1.82, 2.24) is 4.98 Å². The molecule has 0 aliphatic heterocycles. The number of aromatic nitrogens is 1. The van der Waals surface area contributed by atoms with Crippen molar-refractivity contribution >= 4 is 33.0 Å². The predicted octanol–water partition coefficient (Wildman–Crippen LogP) is 4.74. The molecule has 110 valence electrons. The molecule has 21 heavy (non-hydrogen) atoms. The number of fused-ring (bicyclic) bond motifs is 1. The highest BCUT2D eigenvalue weighted by molar-refractivity contribution is 9.10. The Morgan fingerprint density at radius 3 is 2.90 bits per heavy atom. The molecule has 2 aromatic heterocycles. The number of rotatable bonds is 4. The zero-order chi connectivity index (χ0) is 14.8. The molecule has 0 N–H and O–H groups in total. The van der Waals surface area contributed by atoms with Crippen LogP contribution >= 0.6 is 27.3 Å². The number of ketones is 1. The van der Waals surface area contributed by atoms with E-state index in [9.17, 15) is 9.18 Å². The Morgan fingerprint density at radius 1 is 1.33 bits per heavy atom. The molecule has 0 aromatic carbocycles. The topological polar surface area (TPSA) is 30.0 Å². The van der Waals surface area contributed by atoms with Gasteiger partial charge in [-0.15, -0.1) is 11.3 Å². The van der Waals surface area contributed by atoms with E-state index in [0.717, 1.165) is 17.7 Å². The molecule has 2 aromatic rings. The number of hydrogen-bond donors (Lipinski definition) is 0. The van der Waals surface area contributed by atoms with E-state index in [4.69, 9.17) is 0 Å². The summed E-state index contributed by atoms with van der Waals surface area (Å²) < 4.78 is 14.3. The van der Waals surface area contributed by atoms with Gasteiger partial charge >= 0.3 is 0 Å². The van der Waals surface area contributed by atoms with E-state index in [1.807, 2.05) is 6.07 Å². The largest absolute Gasteiger partial charge is 0.293 e. The van der Waals surface area contributed by atoms with Crippen LogP contribution in [0.1, 0.15) is 45.1 Å². The molecule has 1 aliphatic rings. The quantitative estimate of drug-likeness (QED) is 0.730. The lowest BCUT2D eigenvalue weighted by atomic mass is 9.99. The summed E-state index contributed by atoms with van der Waals surface area (Å²) in [5.41, 5.74) is 1.69. The molecule has 0 unspecified atom stereocenters. The van der Waals surface area contributed by atoms with Crippen molar-refractivity contribution in [1.29, 1.82) is 0 Å². The van der Waals surface area contributed by atoms with Gasteiger partial charge in [-0.25, -0.2) is 4.39 Å². The third kappa shape index (κ3) is 3.40. The maximum atomic E-state index is 13.7. The van der Waals surface area contributed by atoms with Gasteiger partial charge < -0.3 is 0 Å². The standard InChI is InChI=1S/C16H15BrFNOS/c17-11-8-12(18)13(19-9-11)5-6-14(20)16-7-10-3-1-2-4-15(10)21-16/h7-9H,1-6H2. The lowest BCUT2D eigenvalue weighted by Gasteiger charge is -2.08. The summed E-state index contributed by atoms with van der Waals surface area (Å²) in [6.45, 7) is 0. The lowest BCUT2D eigenvalue weighted by Crippen LogP contribution is -2.02. The Balaban J connectivity index is 1.67. The van der Waals surface area contributed by atoms with E-state index in [0.29, 0.717) is 23.0 Å². The average Bonchev–Trinajstić information content (AvgIpc) is 2.90. The highest BCUT2D eigenvalue weighted by atomic mass is 79.9. The van der Waals surface area contributed by atoms with Crippen LogP contribution in [0.2, 0.25) is 0 Å². The number of halogens is 2.